The van der Waals surface area contributed by atoms with Gasteiger partial charge in [0.05, 0.1) is 10.7 Å². The maximum Gasteiger partial charge on any atom is 0.232 e. The number of benzene rings is 1. The summed E-state index contributed by atoms with van der Waals surface area (Å²) in [4.78, 5) is 22.7. The third-order valence-corrected chi connectivity index (χ3v) is 7.34. The quantitative estimate of drug-likeness (QED) is 0.152. The Morgan fingerprint density at radius 3 is 2.41 bits per heavy atom. The van der Waals surface area contributed by atoms with Gasteiger partial charge in [-0.25, -0.2) is 9.97 Å². The van der Waals surface area contributed by atoms with Crippen molar-refractivity contribution in [3.63, 3.8) is 0 Å². The molecule has 4 heterocycles. The topological polar surface area (TPSA) is 118 Å². The molecule has 1 aromatic carbocycles. The predicted molar refractivity (Wildman–Crippen MR) is 161 cm³/mol. The van der Waals surface area contributed by atoms with Gasteiger partial charge in [0.1, 0.15) is 23.2 Å². The number of nitrogens with zero attached hydrogens (tertiary/aromatic N) is 4. The number of likely N-dealkylation sites (tertiary alicyclic amines) is 1. The zero-order valence-corrected chi connectivity index (χ0v) is 25.1. The summed E-state index contributed by atoms with van der Waals surface area (Å²) in [7, 11) is 1.68. The zero-order chi connectivity index (χ0) is 30.2. The zero-order valence-electron chi connectivity index (χ0n) is 23.6. The monoisotopic (exact) mass is 604 g/mol. The maximum absolute atomic E-state index is 13.7. The van der Waals surface area contributed by atoms with E-state index in [0.29, 0.717) is 22.6 Å². The molecular weight excluding hydrogens is 570 g/mol. The van der Waals surface area contributed by atoms with Crippen molar-refractivity contribution in [1.82, 2.24) is 14.9 Å². The molecule has 220 valence electrons. The molecule has 5 rings (SSSR count). The Morgan fingerprint density at radius 1 is 1.15 bits per heavy atom. The van der Waals surface area contributed by atoms with E-state index in [4.69, 9.17) is 39.1 Å². The fraction of sp³-hybridized carbons (Fsp3) is 0.379. The average molecular weight is 606 g/mol. The van der Waals surface area contributed by atoms with Gasteiger partial charge in [-0.1, -0.05) is 37.0 Å². The van der Waals surface area contributed by atoms with E-state index in [1.807, 2.05) is 32.9 Å². The van der Waals surface area contributed by atoms with Crippen LogP contribution >= 0.6 is 23.2 Å². The van der Waals surface area contributed by atoms with Crippen molar-refractivity contribution in [3.05, 3.63) is 75.4 Å². The smallest absolute Gasteiger partial charge is 0.232 e. The van der Waals surface area contributed by atoms with Crippen LogP contribution in [0, 0.1) is 16.8 Å². The highest BCUT2D eigenvalue weighted by atomic mass is 35.5. The fourth-order valence-electron chi connectivity index (χ4n) is 4.50. The fourth-order valence-corrected chi connectivity index (χ4v) is 4.95. The lowest BCUT2D eigenvalue weighted by Gasteiger charge is -2.59. The summed E-state index contributed by atoms with van der Waals surface area (Å²) in [6.07, 6.45) is 3.71. The molecule has 9 nitrogen and oxygen atoms in total. The van der Waals surface area contributed by atoms with E-state index < -0.39 is 5.95 Å². The van der Waals surface area contributed by atoms with Crippen molar-refractivity contribution in [3.8, 4) is 5.75 Å². The SMILES string of the molecule is CC.CCOC.N=C(c1ccc(N2CC3(CN(C=O)C3)C2)nc1)c1cc(OCc2c(Cl)cnc(F)c2Cl)ccc1N. The van der Waals surface area contributed by atoms with Gasteiger partial charge in [-0.15, -0.1) is 0 Å². The minimum absolute atomic E-state index is 0.0774. The summed E-state index contributed by atoms with van der Waals surface area (Å²) in [6, 6.07) is 8.64. The maximum atomic E-state index is 13.7. The number of nitrogen functional groups attached to an aromatic ring is 1. The normalized spacial score (nSPS) is 14.5. The van der Waals surface area contributed by atoms with E-state index in [-0.39, 0.29) is 33.3 Å². The lowest BCUT2D eigenvalue weighted by Crippen LogP contribution is -2.72. The van der Waals surface area contributed by atoms with Gasteiger partial charge in [0, 0.05) is 80.1 Å². The molecule has 0 atom stereocenters. The molecule has 2 fully saturated rings. The second kappa shape index (κ2) is 14.4. The van der Waals surface area contributed by atoms with Gasteiger partial charge in [0.25, 0.3) is 0 Å². The predicted octanol–water partition coefficient (Wildman–Crippen LogP) is 5.46. The highest BCUT2D eigenvalue weighted by Crippen LogP contribution is 2.40. The van der Waals surface area contributed by atoms with Crippen LogP contribution in [0.2, 0.25) is 10.0 Å². The highest BCUT2D eigenvalue weighted by Gasteiger charge is 2.51. The summed E-state index contributed by atoms with van der Waals surface area (Å²) in [5, 5.41) is 8.65. The second-order valence-corrected chi connectivity index (χ2v) is 10.2. The van der Waals surface area contributed by atoms with E-state index >= 15 is 0 Å². The largest absolute Gasteiger partial charge is 0.489 e. The Hall–Kier alpha value is -3.47. The van der Waals surface area contributed by atoms with Crippen molar-refractivity contribution < 1.29 is 18.7 Å². The first kappa shape index (κ1) is 32.0. The van der Waals surface area contributed by atoms with Gasteiger partial charge in [0.15, 0.2) is 0 Å². The molecule has 0 unspecified atom stereocenters. The second-order valence-electron chi connectivity index (χ2n) is 9.45. The van der Waals surface area contributed by atoms with Crippen LogP contribution in [-0.4, -0.2) is 66.9 Å². The summed E-state index contributed by atoms with van der Waals surface area (Å²) in [6.45, 7) is 10.0. The first-order chi connectivity index (χ1) is 19.7. The number of halogens is 3. The number of aromatic nitrogens is 2. The number of ether oxygens (including phenoxy) is 2. The minimum atomic E-state index is -0.825. The number of hydrogen-bond donors (Lipinski definition) is 2. The Morgan fingerprint density at radius 2 is 1.83 bits per heavy atom. The van der Waals surface area contributed by atoms with Crippen LogP contribution in [0.1, 0.15) is 37.5 Å². The van der Waals surface area contributed by atoms with Crippen molar-refractivity contribution >= 4 is 46.8 Å². The van der Waals surface area contributed by atoms with Gasteiger partial charge in [-0.2, -0.15) is 4.39 Å². The van der Waals surface area contributed by atoms with Crippen LogP contribution < -0.4 is 15.4 Å². The van der Waals surface area contributed by atoms with Gasteiger partial charge in [0.2, 0.25) is 12.4 Å². The average Bonchev–Trinajstić information content (AvgIpc) is 2.95. The molecule has 2 aliphatic heterocycles. The number of carbonyl (C=O) groups is 1. The third-order valence-electron chi connectivity index (χ3n) is 6.63. The van der Waals surface area contributed by atoms with E-state index in [2.05, 4.69) is 19.6 Å². The first-order valence-electron chi connectivity index (χ1n) is 13.2. The lowest BCUT2D eigenvalue weighted by molar-refractivity contribution is -0.131. The lowest BCUT2D eigenvalue weighted by atomic mass is 9.73. The molecule has 0 aliphatic carbocycles. The van der Waals surface area contributed by atoms with Crippen LogP contribution in [0.4, 0.5) is 15.9 Å². The van der Waals surface area contributed by atoms with Crippen LogP contribution in [0.5, 0.6) is 5.75 Å². The number of pyridine rings is 2. The number of nitrogens with one attached hydrogen (secondary N) is 1. The number of rotatable bonds is 8. The van der Waals surface area contributed by atoms with Crippen LogP contribution in [0.25, 0.3) is 0 Å². The molecule has 0 bridgehead atoms. The number of methoxy groups -OCH3 is 1. The molecule has 2 saturated heterocycles. The summed E-state index contributed by atoms with van der Waals surface area (Å²) >= 11 is 12.0. The first-order valence-corrected chi connectivity index (χ1v) is 13.9. The van der Waals surface area contributed by atoms with E-state index in [1.54, 1.807) is 36.4 Å². The van der Waals surface area contributed by atoms with E-state index in [9.17, 15) is 9.18 Å². The number of hydrogen-bond acceptors (Lipinski definition) is 8. The molecule has 2 aromatic heterocycles. The summed E-state index contributed by atoms with van der Waals surface area (Å²) in [5.74, 6) is 0.429. The third kappa shape index (κ3) is 7.44. The highest BCUT2D eigenvalue weighted by molar-refractivity contribution is 6.35. The van der Waals surface area contributed by atoms with Crippen molar-refractivity contribution in [2.75, 3.05) is 50.5 Å². The van der Waals surface area contributed by atoms with E-state index in [0.717, 1.165) is 45.0 Å². The Labute approximate surface area is 249 Å². The van der Waals surface area contributed by atoms with Crippen LogP contribution in [-0.2, 0) is 16.1 Å². The molecule has 3 aromatic rings. The number of nitrogens with two attached hydrogens (primary N) is 1. The Bertz CT molecular complexity index is 1340. The standard InChI is InChI=1S/C24H21Cl2FN6O2.C3H8O.C2H6/c25-18-7-31-23(27)21(26)17(18)8-35-15-2-3-19(28)16(5-15)22(29)14-1-4-20(30-6-14)33-11-24(12-33)9-32(10-24)13-34;1-3-4-2;1-2/h1-7,13,29H,8-12,28H2;3H2,1-2H3;1-2H3. The molecule has 0 saturated carbocycles. The van der Waals surface area contributed by atoms with Gasteiger partial charge < -0.3 is 25.0 Å². The molecule has 1 spiro atoms. The Kier molecular flexibility index (Phi) is 11.3. The van der Waals surface area contributed by atoms with Crippen LogP contribution in [0.15, 0.2) is 42.7 Å². The minimum Gasteiger partial charge on any atom is -0.489 e. The molecule has 0 radical (unpaired) electrons. The number of anilines is 2. The van der Waals surface area contributed by atoms with Gasteiger partial charge in [-0.3, -0.25) is 10.2 Å². The number of amides is 1. The molecule has 41 heavy (non-hydrogen) atoms. The van der Waals surface area contributed by atoms with Gasteiger partial charge >= 0.3 is 0 Å². The molecular formula is C29H35Cl2FN6O3. The summed E-state index contributed by atoms with van der Waals surface area (Å²) < 4.78 is 24.0. The van der Waals surface area contributed by atoms with Crippen molar-refractivity contribution in [1.29, 1.82) is 5.41 Å². The number of carbonyl (C=O) groups excluding carboxylic acids is 1. The van der Waals surface area contributed by atoms with Gasteiger partial charge in [-0.05, 0) is 37.3 Å². The van der Waals surface area contributed by atoms with Crippen molar-refractivity contribution in [2.45, 2.75) is 27.4 Å². The molecule has 12 heteroatoms. The molecule has 2 aliphatic rings. The Balaban J connectivity index is 0.000000710. The molecule has 1 amide bonds. The summed E-state index contributed by atoms with van der Waals surface area (Å²) in [5.41, 5.74) is 8.28. The molecule has 3 N–H and O–H groups in total. The van der Waals surface area contributed by atoms with Crippen molar-refractivity contribution in [2.24, 2.45) is 5.41 Å². The van der Waals surface area contributed by atoms with Crippen LogP contribution in [0.3, 0.4) is 0 Å². The van der Waals surface area contributed by atoms with E-state index in [1.165, 1.54) is 6.20 Å².